The van der Waals surface area contributed by atoms with Gasteiger partial charge in [0.1, 0.15) is 0 Å². The summed E-state index contributed by atoms with van der Waals surface area (Å²) in [5.74, 6) is 0.530. The van der Waals surface area contributed by atoms with E-state index in [9.17, 15) is 4.79 Å². The summed E-state index contributed by atoms with van der Waals surface area (Å²) >= 11 is 1.59. The highest BCUT2D eigenvalue weighted by atomic mass is 32.2. The van der Waals surface area contributed by atoms with Crippen LogP contribution in [0.2, 0.25) is 0 Å². The maximum absolute atomic E-state index is 12.0. The molecule has 1 N–H and O–H groups in total. The highest BCUT2D eigenvalue weighted by Gasteiger charge is 2.08. The van der Waals surface area contributed by atoms with E-state index in [-0.39, 0.29) is 5.91 Å². The number of hydrogen-bond acceptors (Lipinski definition) is 2. The van der Waals surface area contributed by atoms with Crippen molar-refractivity contribution in [3.05, 3.63) is 66.4 Å². The Bertz CT molecular complexity index is 795. The van der Waals surface area contributed by atoms with Crippen LogP contribution in [0, 0.1) is 0 Å². The molecule has 0 aliphatic carbocycles. The highest BCUT2D eigenvalue weighted by molar-refractivity contribution is 8.00. The van der Waals surface area contributed by atoms with Crippen LogP contribution in [0.5, 0.6) is 0 Å². The van der Waals surface area contributed by atoms with Gasteiger partial charge in [0.15, 0.2) is 0 Å². The van der Waals surface area contributed by atoms with Gasteiger partial charge in [-0.15, -0.1) is 11.8 Å². The van der Waals surface area contributed by atoms with Gasteiger partial charge in [-0.2, -0.15) is 0 Å². The molecule has 1 aromatic heterocycles. The van der Waals surface area contributed by atoms with Crippen LogP contribution in [0.1, 0.15) is 5.56 Å². The Hall–Kier alpha value is -2.20. The molecule has 3 rings (SSSR count). The van der Waals surface area contributed by atoms with Crippen LogP contribution >= 0.6 is 11.8 Å². The first-order valence-corrected chi connectivity index (χ1v) is 8.70. The summed E-state index contributed by atoms with van der Waals surface area (Å²) in [4.78, 5) is 13.2. The predicted octanol–water partition coefficient (Wildman–Crippen LogP) is 3.63. The molecule has 0 spiro atoms. The Kier molecular flexibility index (Phi) is 5.03. The van der Waals surface area contributed by atoms with Crippen LogP contribution < -0.4 is 5.32 Å². The van der Waals surface area contributed by atoms with E-state index in [0.29, 0.717) is 12.3 Å². The fraction of sp³-hybridized carbons (Fsp3) is 0.211. The molecule has 0 aliphatic heterocycles. The lowest BCUT2D eigenvalue weighted by atomic mass is 10.1. The lowest BCUT2D eigenvalue weighted by molar-refractivity contribution is -0.118. The summed E-state index contributed by atoms with van der Waals surface area (Å²) in [7, 11) is 2.03. The molecule has 118 valence electrons. The summed E-state index contributed by atoms with van der Waals surface area (Å²) < 4.78 is 2.10. The third-order valence-electron chi connectivity index (χ3n) is 3.80. The van der Waals surface area contributed by atoms with Gasteiger partial charge in [0.25, 0.3) is 0 Å². The molecular weight excluding hydrogens is 304 g/mol. The molecule has 3 nitrogen and oxygen atoms in total. The number of nitrogens with one attached hydrogen (secondary N) is 1. The summed E-state index contributed by atoms with van der Waals surface area (Å²) in [5.41, 5.74) is 2.44. The van der Waals surface area contributed by atoms with E-state index < -0.39 is 0 Å². The van der Waals surface area contributed by atoms with Crippen molar-refractivity contribution in [1.82, 2.24) is 9.88 Å². The molecule has 0 saturated carbocycles. The topological polar surface area (TPSA) is 34.0 Å². The molecule has 0 saturated heterocycles. The second-order valence-electron chi connectivity index (χ2n) is 5.50. The number of carbonyl (C=O) groups excluding carboxylic acids is 1. The van der Waals surface area contributed by atoms with Crippen LogP contribution in [-0.4, -0.2) is 22.8 Å². The zero-order chi connectivity index (χ0) is 16.1. The van der Waals surface area contributed by atoms with Gasteiger partial charge < -0.3 is 9.88 Å². The molecule has 4 heteroatoms. The molecule has 0 aliphatic rings. The normalized spacial score (nSPS) is 10.8. The van der Waals surface area contributed by atoms with E-state index >= 15 is 0 Å². The van der Waals surface area contributed by atoms with Gasteiger partial charge in [-0.1, -0.05) is 48.5 Å². The SMILES string of the molecule is Cn1cc(SCC(=O)NCCc2ccccc2)c2ccccc21. The van der Waals surface area contributed by atoms with E-state index in [2.05, 4.69) is 40.3 Å². The molecule has 2 aromatic carbocycles. The van der Waals surface area contributed by atoms with Crippen LogP contribution in [0.4, 0.5) is 0 Å². The number of carbonyl (C=O) groups is 1. The van der Waals surface area contributed by atoms with Crippen LogP contribution in [0.15, 0.2) is 65.7 Å². The Morgan fingerprint density at radius 1 is 1.09 bits per heavy atom. The van der Waals surface area contributed by atoms with Gasteiger partial charge in [-0.05, 0) is 18.1 Å². The molecule has 0 radical (unpaired) electrons. The fourth-order valence-electron chi connectivity index (χ4n) is 2.60. The van der Waals surface area contributed by atoms with Crippen molar-refractivity contribution in [1.29, 1.82) is 0 Å². The third kappa shape index (κ3) is 3.96. The largest absolute Gasteiger partial charge is 0.355 e. The van der Waals surface area contributed by atoms with Crippen molar-refractivity contribution in [2.75, 3.05) is 12.3 Å². The third-order valence-corrected chi connectivity index (χ3v) is 4.84. The van der Waals surface area contributed by atoms with Crippen molar-refractivity contribution in [3.63, 3.8) is 0 Å². The lowest BCUT2D eigenvalue weighted by Gasteiger charge is -2.05. The van der Waals surface area contributed by atoms with E-state index in [4.69, 9.17) is 0 Å². The molecule has 23 heavy (non-hydrogen) atoms. The number of aromatic nitrogens is 1. The second-order valence-corrected chi connectivity index (χ2v) is 6.51. The molecule has 0 fully saturated rings. The summed E-state index contributed by atoms with van der Waals surface area (Å²) in [6.07, 6.45) is 2.96. The number of aryl methyl sites for hydroxylation is 1. The van der Waals surface area contributed by atoms with E-state index in [1.165, 1.54) is 16.5 Å². The van der Waals surface area contributed by atoms with Gasteiger partial charge in [-0.3, -0.25) is 4.79 Å². The standard InChI is InChI=1S/C19H20N2OS/c1-21-13-18(16-9-5-6-10-17(16)21)23-14-19(22)20-12-11-15-7-3-2-4-8-15/h2-10,13H,11-12,14H2,1H3,(H,20,22). The van der Waals surface area contributed by atoms with Crippen molar-refractivity contribution >= 4 is 28.6 Å². The van der Waals surface area contributed by atoms with Gasteiger partial charge in [0.05, 0.1) is 5.75 Å². The molecular formula is C19H20N2OS. The van der Waals surface area contributed by atoms with Gasteiger partial charge in [0.2, 0.25) is 5.91 Å². The number of amides is 1. The minimum Gasteiger partial charge on any atom is -0.355 e. The van der Waals surface area contributed by atoms with Gasteiger partial charge in [-0.25, -0.2) is 0 Å². The zero-order valence-corrected chi connectivity index (χ0v) is 14.0. The predicted molar refractivity (Wildman–Crippen MR) is 96.8 cm³/mol. The Morgan fingerprint density at radius 3 is 2.65 bits per heavy atom. The first-order chi connectivity index (χ1) is 11.2. The fourth-order valence-corrected chi connectivity index (χ4v) is 3.55. The minimum absolute atomic E-state index is 0.0823. The van der Waals surface area contributed by atoms with E-state index in [1.807, 2.05) is 37.4 Å². The molecule has 0 unspecified atom stereocenters. The zero-order valence-electron chi connectivity index (χ0n) is 13.2. The van der Waals surface area contributed by atoms with E-state index in [1.54, 1.807) is 11.8 Å². The van der Waals surface area contributed by atoms with Crippen LogP contribution in [0.25, 0.3) is 10.9 Å². The first kappa shape index (κ1) is 15.7. The van der Waals surface area contributed by atoms with Gasteiger partial charge >= 0.3 is 0 Å². The Morgan fingerprint density at radius 2 is 1.83 bits per heavy atom. The number of para-hydroxylation sites is 1. The number of hydrogen-bond donors (Lipinski definition) is 1. The Labute approximate surface area is 140 Å². The Balaban J connectivity index is 1.50. The maximum Gasteiger partial charge on any atom is 0.230 e. The summed E-state index contributed by atoms with van der Waals surface area (Å²) in [5, 5.41) is 4.20. The average molecular weight is 324 g/mol. The average Bonchev–Trinajstić information content (AvgIpc) is 2.91. The monoisotopic (exact) mass is 324 g/mol. The van der Waals surface area contributed by atoms with Crippen molar-refractivity contribution in [2.24, 2.45) is 7.05 Å². The summed E-state index contributed by atoms with van der Waals surface area (Å²) in [6, 6.07) is 18.5. The van der Waals surface area contributed by atoms with Crippen LogP contribution in [0.3, 0.4) is 0 Å². The smallest absolute Gasteiger partial charge is 0.230 e. The molecule has 1 heterocycles. The van der Waals surface area contributed by atoms with Gasteiger partial charge in [0, 0.05) is 35.6 Å². The van der Waals surface area contributed by atoms with Crippen molar-refractivity contribution in [2.45, 2.75) is 11.3 Å². The van der Waals surface area contributed by atoms with Crippen molar-refractivity contribution < 1.29 is 4.79 Å². The lowest BCUT2D eigenvalue weighted by Crippen LogP contribution is -2.27. The number of nitrogens with zero attached hydrogens (tertiary/aromatic N) is 1. The number of fused-ring (bicyclic) bond motifs is 1. The summed E-state index contributed by atoms with van der Waals surface area (Å²) in [6.45, 7) is 0.680. The maximum atomic E-state index is 12.0. The number of thioether (sulfide) groups is 1. The first-order valence-electron chi connectivity index (χ1n) is 7.71. The quantitative estimate of drug-likeness (QED) is 0.703. The van der Waals surface area contributed by atoms with E-state index in [0.717, 1.165) is 11.3 Å². The molecule has 0 atom stereocenters. The number of rotatable bonds is 6. The number of benzene rings is 2. The highest BCUT2D eigenvalue weighted by Crippen LogP contribution is 2.29. The molecule has 1 amide bonds. The second kappa shape index (κ2) is 7.38. The molecule has 0 bridgehead atoms. The van der Waals surface area contributed by atoms with Crippen molar-refractivity contribution in [3.8, 4) is 0 Å². The molecule has 3 aromatic rings. The minimum atomic E-state index is 0.0823. The van der Waals surface area contributed by atoms with Crippen LogP contribution in [-0.2, 0) is 18.3 Å².